The molecule has 11 heteroatoms. The van der Waals surface area contributed by atoms with E-state index in [1.165, 1.54) is 10.7 Å². The molecule has 0 radical (unpaired) electrons. The first-order valence-electron chi connectivity index (χ1n) is 8.96. The molecule has 2 aromatic rings. The van der Waals surface area contributed by atoms with Crippen LogP contribution < -0.4 is 5.73 Å². The molecule has 1 aliphatic carbocycles. The molecule has 3 heterocycles. The van der Waals surface area contributed by atoms with Crippen LogP contribution in [0.1, 0.15) is 50.3 Å². The van der Waals surface area contributed by atoms with E-state index in [0.29, 0.717) is 5.82 Å². The maximum atomic E-state index is 14.9. The van der Waals surface area contributed by atoms with Crippen LogP contribution >= 0.6 is 0 Å². The van der Waals surface area contributed by atoms with Gasteiger partial charge in [0.2, 0.25) is 16.0 Å². The van der Waals surface area contributed by atoms with Gasteiger partial charge < -0.3 is 5.73 Å². The summed E-state index contributed by atoms with van der Waals surface area (Å²) in [7, 11) is -3.70. The van der Waals surface area contributed by atoms with Crippen LogP contribution in [-0.4, -0.2) is 57.3 Å². The lowest BCUT2D eigenvalue weighted by Crippen LogP contribution is -2.52. The molecule has 1 saturated carbocycles. The average Bonchev–Trinajstić information content (AvgIpc) is 3.34. The molecule has 0 spiro atoms. The highest BCUT2D eigenvalue weighted by atomic mass is 32.2. The lowest BCUT2D eigenvalue weighted by Gasteiger charge is -2.38. The summed E-state index contributed by atoms with van der Waals surface area (Å²) in [6.45, 7) is 2.08. The molecule has 148 valence electrons. The predicted molar refractivity (Wildman–Crippen MR) is 93.7 cm³/mol. The van der Waals surface area contributed by atoms with Crippen molar-refractivity contribution in [3.63, 3.8) is 0 Å². The number of hydrogen-bond acceptors (Lipinski definition) is 6. The number of alkyl halides is 1. The van der Waals surface area contributed by atoms with Crippen molar-refractivity contribution in [3.05, 3.63) is 23.8 Å². The minimum Gasteiger partial charge on any atom is -0.325 e. The van der Waals surface area contributed by atoms with E-state index in [9.17, 15) is 17.2 Å². The van der Waals surface area contributed by atoms with Gasteiger partial charge in [0, 0.05) is 18.0 Å². The third kappa shape index (κ3) is 2.92. The molecule has 2 aliphatic rings. The van der Waals surface area contributed by atoms with Crippen molar-refractivity contribution in [3.8, 4) is 0 Å². The Balaban J connectivity index is 1.86. The summed E-state index contributed by atoms with van der Waals surface area (Å²) in [6, 6.07) is -2.07. The molecule has 27 heavy (non-hydrogen) atoms. The smallest absolute Gasteiger partial charge is 0.242 e. The largest absolute Gasteiger partial charge is 0.325 e. The number of piperidine rings is 1. The van der Waals surface area contributed by atoms with Gasteiger partial charge in [-0.25, -0.2) is 27.3 Å². The van der Waals surface area contributed by atoms with Crippen LogP contribution in [0.15, 0.2) is 6.20 Å². The first-order valence-corrected chi connectivity index (χ1v) is 10.8. The number of nitrogens with zero attached hydrogens (tertiary/aromatic N) is 5. The number of sulfonamides is 1. The van der Waals surface area contributed by atoms with E-state index in [1.54, 1.807) is 0 Å². The molecule has 8 nitrogen and oxygen atoms in total. The summed E-state index contributed by atoms with van der Waals surface area (Å²) in [5.74, 6) is -0.253. The first kappa shape index (κ1) is 18.6. The van der Waals surface area contributed by atoms with Crippen LogP contribution in [0, 0.1) is 5.95 Å². The van der Waals surface area contributed by atoms with Gasteiger partial charge in [-0.05, 0) is 25.7 Å². The molecule has 2 aromatic heterocycles. The Kier molecular flexibility index (Phi) is 4.24. The number of halogens is 2. The van der Waals surface area contributed by atoms with Gasteiger partial charge in [0.05, 0.1) is 12.5 Å². The van der Waals surface area contributed by atoms with E-state index in [-0.39, 0.29) is 29.7 Å². The van der Waals surface area contributed by atoms with E-state index in [4.69, 9.17) is 5.73 Å². The van der Waals surface area contributed by atoms with Gasteiger partial charge in [0.25, 0.3) is 0 Å². The summed E-state index contributed by atoms with van der Waals surface area (Å²) in [6.07, 6.45) is 3.31. The highest BCUT2D eigenvalue weighted by Crippen LogP contribution is 2.50. The maximum Gasteiger partial charge on any atom is 0.242 e. The zero-order valence-corrected chi connectivity index (χ0v) is 16.0. The summed E-state index contributed by atoms with van der Waals surface area (Å²) < 4.78 is 55.9. The molecule has 3 atom stereocenters. The summed E-state index contributed by atoms with van der Waals surface area (Å²) in [5, 5.41) is 4.32. The lowest BCUT2D eigenvalue weighted by molar-refractivity contribution is 0.102. The number of aromatic nitrogens is 4. The second-order valence-corrected chi connectivity index (χ2v) is 9.42. The number of imidazole rings is 1. The highest BCUT2D eigenvalue weighted by molar-refractivity contribution is 7.88. The van der Waals surface area contributed by atoms with Gasteiger partial charge in [-0.1, -0.05) is 6.92 Å². The Morgan fingerprint density at radius 1 is 1.41 bits per heavy atom. The molecule has 0 aromatic carbocycles. The van der Waals surface area contributed by atoms with Gasteiger partial charge in [0.15, 0.2) is 5.82 Å². The van der Waals surface area contributed by atoms with Gasteiger partial charge >= 0.3 is 0 Å². The third-order valence-electron chi connectivity index (χ3n) is 5.76. The predicted octanol–water partition coefficient (Wildman–Crippen LogP) is 1.08. The van der Waals surface area contributed by atoms with Crippen LogP contribution in [0.4, 0.5) is 8.78 Å². The van der Waals surface area contributed by atoms with E-state index >= 15 is 0 Å². The van der Waals surface area contributed by atoms with Gasteiger partial charge in [-0.2, -0.15) is 8.70 Å². The van der Waals surface area contributed by atoms with Crippen LogP contribution in [0.25, 0.3) is 5.52 Å². The number of fused-ring (bicyclic) bond motifs is 1. The Morgan fingerprint density at radius 2 is 2.11 bits per heavy atom. The summed E-state index contributed by atoms with van der Waals surface area (Å²) in [4.78, 5) is 8.09. The lowest BCUT2D eigenvalue weighted by atomic mass is 9.97. The second kappa shape index (κ2) is 6.14. The van der Waals surface area contributed by atoms with E-state index in [0.717, 1.165) is 29.8 Å². The molecule has 0 amide bonds. The molecule has 3 unspecified atom stereocenters. The Labute approximate surface area is 155 Å². The van der Waals surface area contributed by atoms with Crippen LogP contribution in [-0.2, 0) is 15.4 Å². The second-order valence-electron chi connectivity index (χ2n) is 7.49. The fourth-order valence-corrected chi connectivity index (χ4v) is 4.90. The van der Waals surface area contributed by atoms with Crippen molar-refractivity contribution in [2.75, 3.05) is 12.8 Å². The minimum absolute atomic E-state index is 0.0406. The van der Waals surface area contributed by atoms with Crippen LogP contribution in [0.3, 0.4) is 0 Å². The zero-order chi connectivity index (χ0) is 19.6. The maximum absolute atomic E-state index is 14.9. The van der Waals surface area contributed by atoms with Crippen molar-refractivity contribution >= 4 is 15.5 Å². The van der Waals surface area contributed by atoms with Crippen molar-refractivity contribution in [1.82, 2.24) is 23.9 Å². The fraction of sp³-hybridized carbons (Fsp3) is 0.688. The van der Waals surface area contributed by atoms with E-state index < -0.39 is 34.2 Å². The number of rotatable bonds is 4. The number of hydrogen-bond donors (Lipinski definition) is 1. The molecule has 0 bridgehead atoms. The Morgan fingerprint density at radius 3 is 2.70 bits per heavy atom. The number of nitrogens with two attached hydrogens (primary N) is 1. The molecule has 1 aliphatic heterocycles. The van der Waals surface area contributed by atoms with Crippen molar-refractivity contribution in [2.45, 2.75) is 56.3 Å². The summed E-state index contributed by atoms with van der Waals surface area (Å²) in [5.41, 5.74) is 5.68. The average molecular weight is 400 g/mol. The quantitative estimate of drug-likeness (QED) is 0.823. The molecular formula is C16H22F2N6O2S. The Hall–Kier alpha value is -1.72. The van der Waals surface area contributed by atoms with Gasteiger partial charge in [0.1, 0.15) is 23.6 Å². The van der Waals surface area contributed by atoms with Gasteiger partial charge in [-0.3, -0.25) is 0 Å². The van der Waals surface area contributed by atoms with Crippen molar-refractivity contribution in [2.24, 2.45) is 5.73 Å². The van der Waals surface area contributed by atoms with Gasteiger partial charge in [-0.15, -0.1) is 5.10 Å². The Bertz CT molecular complexity index is 990. The molecule has 1 saturated heterocycles. The molecular weight excluding hydrogens is 378 g/mol. The topological polar surface area (TPSA) is 106 Å². The SMILES string of the molecule is CCC1(c2nc(F)c3cnc(C4C(F)C(N)CCN4S(C)(=O)=O)nn23)CC1. The summed E-state index contributed by atoms with van der Waals surface area (Å²) >= 11 is 0. The standard InChI is InChI=1S/C16H22F2N6O2S/c1-3-16(5-6-16)15-21-13(18)10-8-20-14(22-24(10)15)12-11(17)9(19)4-7-23(12)27(2,25)26/h8-9,11-12H,3-7,19H2,1-2H3. The van der Waals surface area contributed by atoms with Crippen molar-refractivity contribution < 1.29 is 17.2 Å². The van der Waals surface area contributed by atoms with E-state index in [2.05, 4.69) is 15.1 Å². The van der Waals surface area contributed by atoms with Crippen molar-refractivity contribution in [1.29, 1.82) is 0 Å². The first-order chi connectivity index (χ1) is 12.7. The third-order valence-corrected chi connectivity index (χ3v) is 7.03. The highest BCUT2D eigenvalue weighted by Gasteiger charge is 2.48. The minimum atomic E-state index is -3.70. The fourth-order valence-electron chi connectivity index (χ4n) is 3.84. The molecule has 2 fully saturated rings. The van der Waals surface area contributed by atoms with Crippen LogP contribution in [0.2, 0.25) is 0 Å². The zero-order valence-electron chi connectivity index (χ0n) is 15.1. The normalized spacial score (nSPS) is 28.6. The molecule has 4 rings (SSSR count). The van der Waals surface area contributed by atoms with Crippen LogP contribution in [0.5, 0.6) is 0 Å². The van der Waals surface area contributed by atoms with E-state index in [1.807, 2.05) is 6.92 Å². The molecule has 2 N–H and O–H groups in total. The monoisotopic (exact) mass is 400 g/mol.